The molecular formula is C14H24N4. The zero-order valence-electron chi connectivity index (χ0n) is 11.5. The Hall–Kier alpha value is -1.13. The van der Waals surface area contributed by atoms with Gasteiger partial charge in [-0.25, -0.2) is 4.98 Å². The van der Waals surface area contributed by atoms with Crippen LogP contribution >= 0.6 is 0 Å². The summed E-state index contributed by atoms with van der Waals surface area (Å²) >= 11 is 0. The van der Waals surface area contributed by atoms with Gasteiger partial charge in [0.15, 0.2) is 0 Å². The van der Waals surface area contributed by atoms with Gasteiger partial charge in [0.1, 0.15) is 5.82 Å². The lowest BCUT2D eigenvalue weighted by Crippen LogP contribution is -2.45. The van der Waals surface area contributed by atoms with Gasteiger partial charge in [-0.3, -0.25) is 0 Å². The van der Waals surface area contributed by atoms with Crippen molar-refractivity contribution in [1.82, 2.24) is 9.88 Å². The third-order valence-corrected chi connectivity index (χ3v) is 3.76. The van der Waals surface area contributed by atoms with Gasteiger partial charge in [0.2, 0.25) is 0 Å². The van der Waals surface area contributed by atoms with Crippen LogP contribution in [0.25, 0.3) is 0 Å². The molecule has 1 unspecified atom stereocenters. The fraction of sp³-hybridized carbons (Fsp3) is 0.643. The van der Waals surface area contributed by atoms with Gasteiger partial charge in [-0.05, 0) is 51.0 Å². The quantitative estimate of drug-likeness (QED) is 0.867. The highest BCUT2D eigenvalue weighted by molar-refractivity contribution is 5.47. The number of rotatable bonds is 4. The van der Waals surface area contributed by atoms with Crippen LogP contribution in [-0.4, -0.2) is 49.7 Å². The molecule has 2 N–H and O–H groups in total. The zero-order chi connectivity index (χ0) is 13.0. The monoisotopic (exact) mass is 248 g/mol. The maximum atomic E-state index is 5.68. The molecule has 4 heteroatoms. The predicted octanol–water partition coefficient (Wildman–Crippen LogP) is 1.11. The Morgan fingerprint density at radius 1 is 1.56 bits per heavy atom. The summed E-state index contributed by atoms with van der Waals surface area (Å²) in [5.41, 5.74) is 6.94. The molecule has 1 fully saturated rings. The second-order valence-corrected chi connectivity index (χ2v) is 5.19. The van der Waals surface area contributed by atoms with E-state index in [2.05, 4.69) is 34.9 Å². The molecule has 2 heterocycles. The molecule has 2 rings (SSSR count). The van der Waals surface area contributed by atoms with Crippen molar-refractivity contribution in [3.8, 4) is 0 Å². The van der Waals surface area contributed by atoms with Crippen molar-refractivity contribution in [2.45, 2.75) is 25.3 Å². The minimum absolute atomic E-state index is 0.565. The molecule has 0 saturated carbocycles. The van der Waals surface area contributed by atoms with Crippen LogP contribution < -0.4 is 10.6 Å². The van der Waals surface area contributed by atoms with E-state index in [1.807, 2.05) is 12.3 Å². The summed E-state index contributed by atoms with van der Waals surface area (Å²) in [4.78, 5) is 9.28. The smallest absolute Gasteiger partial charge is 0.131 e. The average Bonchev–Trinajstić information content (AvgIpc) is 2.39. The van der Waals surface area contributed by atoms with Crippen molar-refractivity contribution in [3.05, 3.63) is 23.9 Å². The predicted molar refractivity (Wildman–Crippen MR) is 75.9 cm³/mol. The van der Waals surface area contributed by atoms with E-state index in [0.29, 0.717) is 12.6 Å². The number of likely N-dealkylation sites (N-methyl/N-ethyl adjacent to an activating group) is 2. The second-order valence-electron chi connectivity index (χ2n) is 5.19. The van der Waals surface area contributed by atoms with E-state index in [1.165, 1.54) is 24.9 Å². The number of pyridine rings is 1. The molecule has 1 atom stereocenters. The molecule has 4 nitrogen and oxygen atoms in total. The Labute approximate surface area is 110 Å². The Bertz CT molecular complexity index is 380. The lowest BCUT2D eigenvalue weighted by molar-refractivity contribution is 0.247. The van der Waals surface area contributed by atoms with E-state index < -0.39 is 0 Å². The number of likely N-dealkylation sites (tertiary alicyclic amines) is 1. The molecule has 18 heavy (non-hydrogen) atoms. The number of aromatic nitrogens is 1. The van der Waals surface area contributed by atoms with Crippen LogP contribution in [0, 0.1) is 0 Å². The molecular weight excluding hydrogens is 224 g/mol. The maximum Gasteiger partial charge on any atom is 0.131 e. The molecule has 1 aromatic heterocycles. The van der Waals surface area contributed by atoms with Crippen molar-refractivity contribution in [3.63, 3.8) is 0 Å². The lowest BCUT2D eigenvalue weighted by Gasteiger charge is -2.37. The maximum absolute atomic E-state index is 5.68. The first-order valence-electron chi connectivity index (χ1n) is 6.77. The van der Waals surface area contributed by atoms with E-state index in [4.69, 9.17) is 5.73 Å². The number of piperidine rings is 1. The number of anilines is 1. The third-order valence-electron chi connectivity index (χ3n) is 3.76. The van der Waals surface area contributed by atoms with Crippen LogP contribution in [-0.2, 0) is 6.42 Å². The third kappa shape index (κ3) is 3.00. The molecule has 0 radical (unpaired) electrons. The second kappa shape index (κ2) is 6.16. The van der Waals surface area contributed by atoms with Crippen LogP contribution in [0.2, 0.25) is 0 Å². The first kappa shape index (κ1) is 13.3. The molecule has 100 valence electrons. The fourth-order valence-corrected chi connectivity index (χ4v) is 2.73. The van der Waals surface area contributed by atoms with Gasteiger partial charge in [0, 0.05) is 25.8 Å². The zero-order valence-corrected chi connectivity index (χ0v) is 11.5. The van der Waals surface area contributed by atoms with E-state index in [-0.39, 0.29) is 0 Å². The van der Waals surface area contributed by atoms with Crippen LogP contribution in [0.3, 0.4) is 0 Å². The lowest BCUT2D eigenvalue weighted by atomic mass is 10.0. The van der Waals surface area contributed by atoms with Crippen molar-refractivity contribution in [2.75, 3.05) is 38.6 Å². The number of hydrogen-bond acceptors (Lipinski definition) is 4. The minimum Gasteiger partial charge on any atom is -0.355 e. The van der Waals surface area contributed by atoms with Gasteiger partial charge in [-0.15, -0.1) is 0 Å². The van der Waals surface area contributed by atoms with Crippen LogP contribution in [0.4, 0.5) is 5.82 Å². The summed E-state index contributed by atoms with van der Waals surface area (Å²) in [5, 5.41) is 0. The molecule has 1 aliphatic rings. The van der Waals surface area contributed by atoms with Crippen molar-refractivity contribution in [2.24, 2.45) is 5.73 Å². The highest BCUT2D eigenvalue weighted by Gasteiger charge is 2.23. The molecule has 0 aromatic carbocycles. The molecule has 1 aromatic rings. The minimum atomic E-state index is 0.565. The fourth-order valence-electron chi connectivity index (χ4n) is 2.73. The molecule has 0 amide bonds. The molecule has 0 spiro atoms. The summed E-state index contributed by atoms with van der Waals surface area (Å²) in [6.07, 6.45) is 5.29. The van der Waals surface area contributed by atoms with Crippen LogP contribution in [0.1, 0.15) is 18.4 Å². The van der Waals surface area contributed by atoms with Gasteiger partial charge in [-0.1, -0.05) is 6.07 Å². The highest BCUT2D eigenvalue weighted by Crippen LogP contribution is 2.22. The normalized spacial score (nSPS) is 20.9. The topological polar surface area (TPSA) is 45.4 Å². The molecule has 1 aliphatic heterocycles. The Kier molecular flexibility index (Phi) is 4.55. The van der Waals surface area contributed by atoms with Crippen molar-refractivity contribution in [1.29, 1.82) is 0 Å². The first-order valence-corrected chi connectivity index (χ1v) is 6.77. The summed E-state index contributed by atoms with van der Waals surface area (Å²) in [5.74, 6) is 1.10. The van der Waals surface area contributed by atoms with Gasteiger partial charge in [-0.2, -0.15) is 0 Å². The molecule has 0 bridgehead atoms. The van der Waals surface area contributed by atoms with Gasteiger partial charge >= 0.3 is 0 Å². The standard InChI is InChI=1S/C14H24N4/c1-17-10-4-6-13(11-17)18(2)14-12(7-8-15)5-3-9-16-14/h3,5,9,13H,4,6-8,10-11,15H2,1-2H3. The summed E-state index contributed by atoms with van der Waals surface area (Å²) in [6, 6.07) is 4.70. The van der Waals surface area contributed by atoms with E-state index in [0.717, 1.165) is 18.8 Å². The Morgan fingerprint density at radius 2 is 2.39 bits per heavy atom. The van der Waals surface area contributed by atoms with Crippen LogP contribution in [0.15, 0.2) is 18.3 Å². The van der Waals surface area contributed by atoms with E-state index in [9.17, 15) is 0 Å². The Morgan fingerprint density at radius 3 is 3.11 bits per heavy atom. The first-order chi connectivity index (χ1) is 8.72. The summed E-state index contributed by atoms with van der Waals surface area (Å²) in [6.45, 7) is 3.01. The van der Waals surface area contributed by atoms with E-state index >= 15 is 0 Å². The van der Waals surface area contributed by atoms with Gasteiger partial charge < -0.3 is 15.5 Å². The molecule has 1 saturated heterocycles. The van der Waals surface area contributed by atoms with Crippen molar-refractivity contribution < 1.29 is 0 Å². The number of nitrogens with two attached hydrogens (primary N) is 1. The Balaban J connectivity index is 2.14. The molecule has 0 aliphatic carbocycles. The number of nitrogens with zero attached hydrogens (tertiary/aromatic N) is 3. The van der Waals surface area contributed by atoms with E-state index in [1.54, 1.807) is 0 Å². The highest BCUT2D eigenvalue weighted by atomic mass is 15.2. The average molecular weight is 248 g/mol. The largest absolute Gasteiger partial charge is 0.355 e. The van der Waals surface area contributed by atoms with Gasteiger partial charge in [0.05, 0.1) is 0 Å². The summed E-state index contributed by atoms with van der Waals surface area (Å²) < 4.78 is 0. The number of hydrogen-bond donors (Lipinski definition) is 1. The SMILES string of the molecule is CN1CCCC(N(C)c2ncccc2CCN)C1. The summed E-state index contributed by atoms with van der Waals surface area (Å²) in [7, 11) is 4.35. The van der Waals surface area contributed by atoms with Gasteiger partial charge in [0.25, 0.3) is 0 Å². The van der Waals surface area contributed by atoms with Crippen LogP contribution in [0.5, 0.6) is 0 Å². The van der Waals surface area contributed by atoms with Crippen molar-refractivity contribution >= 4 is 5.82 Å².